The number of aromatic nitrogens is 2. The lowest BCUT2D eigenvalue weighted by Gasteiger charge is -2.02. The fourth-order valence-corrected chi connectivity index (χ4v) is 1.26. The zero-order valence-corrected chi connectivity index (χ0v) is 9.47. The maximum Gasteiger partial charge on any atom is 0.134 e. The number of imidazole rings is 1. The number of nitrogens with zero attached hydrogens (tertiary/aromatic N) is 2. The quantitative estimate of drug-likeness (QED) is 0.676. The van der Waals surface area contributed by atoms with Gasteiger partial charge in [0.25, 0.3) is 0 Å². The van der Waals surface area contributed by atoms with Crippen LogP contribution in [-0.4, -0.2) is 33.0 Å². The fourth-order valence-electron chi connectivity index (χ4n) is 1.26. The second-order valence-electron chi connectivity index (χ2n) is 3.19. The van der Waals surface area contributed by atoms with Crippen LogP contribution in [0.15, 0.2) is 12.4 Å². The second-order valence-corrected chi connectivity index (χ2v) is 3.19. The third-order valence-corrected chi connectivity index (χ3v) is 1.93. The van der Waals surface area contributed by atoms with Crippen molar-refractivity contribution in [1.29, 1.82) is 0 Å². The summed E-state index contributed by atoms with van der Waals surface area (Å²) in [5.74, 6) is 0.144. The first-order chi connectivity index (χ1) is 7.70. The monoisotopic (exact) mass is 224 g/mol. The third kappa shape index (κ3) is 2.97. The van der Waals surface area contributed by atoms with E-state index in [0.717, 1.165) is 0 Å². The zero-order chi connectivity index (χ0) is 12.0. The summed E-state index contributed by atoms with van der Waals surface area (Å²) in [5.41, 5.74) is 2.99. The van der Waals surface area contributed by atoms with E-state index in [1.165, 1.54) is 0 Å². The predicted molar refractivity (Wildman–Crippen MR) is 59.9 cm³/mol. The molecule has 5 nitrogen and oxygen atoms in total. The molecule has 0 radical (unpaired) electrons. The molecular weight excluding hydrogens is 208 g/mol. The molecule has 0 atom stereocenters. The molecule has 1 aromatic rings. The number of aliphatic hydroxyl groups excluding tert-OH is 2. The Kier molecular flexibility index (Phi) is 4.79. The van der Waals surface area contributed by atoms with Crippen LogP contribution in [0.3, 0.4) is 0 Å². The SMILES string of the molecule is CC=C=c1/c(=C(\C)O)ncn1COCCO. The van der Waals surface area contributed by atoms with E-state index in [2.05, 4.69) is 10.7 Å². The molecule has 0 unspecified atom stereocenters. The van der Waals surface area contributed by atoms with Crippen LogP contribution in [0.25, 0.3) is 11.5 Å². The Hall–Kier alpha value is -1.55. The molecule has 5 heteroatoms. The molecule has 2 N–H and O–H groups in total. The molecular formula is C11H16N2O3. The van der Waals surface area contributed by atoms with Crippen molar-refractivity contribution >= 4 is 11.5 Å². The minimum absolute atomic E-state index is 0.0185. The number of hydrogen-bond donors (Lipinski definition) is 2. The van der Waals surface area contributed by atoms with Crippen LogP contribution in [0.1, 0.15) is 13.8 Å². The molecule has 0 aromatic carbocycles. The normalized spacial score (nSPS) is 12.2. The van der Waals surface area contributed by atoms with Crippen molar-refractivity contribution < 1.29 is 14.9 Å². The van der Waals surface area contributed by atoms with Crippen molar-refractivity contribution in [3.63, 3.8) is 0 Å². The second kappa shape index (κ2) is 6.12. The highest BCUT2D eigenvalue weighted by atomic mass is 16.5. The van der Waals surface area contributed by atoms with E-state index in [0.29, 0.717) is 10.7 Å². The van der Waals surface area contributed by atoms with Gasteiger partial charge in [-0.25, -0.2) is 4.98 Å². The van der Waals surface area contributed by atoms with E-state index in [9.17, 15) is 5.11 Å². The first-order valence-corrected chi connectivity index (χ1v) is 5.01. The van der Waals surface area contributed by atoms with Crippen molar-refractivity contribution in [2.24, 2.45) is 0 Å². The summed E-state index contributed by atoms with van der Waals surface area (Å²) >= 11 is 0. The average Bonchev–Trinajstić information content (AvgIpc) is 2.63. The molecule has 0 aliphatic rings. The Morgan fingerprint density at radius 1 is 1.69 bits per heavy atom. The zero-order valence-electron chi connectivity index (χ0n) is 9.47. The Bertz CT molecular complexity index is 480. The molecule has 0 aliphatic carbocycles. The summed E-state index contributed by atoms with van der Waals surface area (Å²) in [6, 6.07) is 0. The number of hydrogen-bond acceptors (Lipinski definition) is 4. The maximum atomic E-state index is 9.42. The van der Waals surface area contributed by atoms with Gasteiger partial charge in [0.05, 0.1) is 19.5 Å². The number of allylic oxidation sites excluding steroid dienone is 1. The minimum Gasteiger partial charge on any atom is -0.510 e. The summed E-state index contributed by atoms with van der Waals surface area (Å²) in [5, 5.41) is 19.2. The third-order valence-electron chi connectivity index (χ3n) is 1.93. The average molecular weight is 224 g/mol. The van der Waals surface area contributed by atoms with Gasteiger partial charge in [-0.3, -0.25) is 4.57 Å². The topological polar surface area (TPSA) is 67.5 Å². The van der Waals surface area contributed by atoms with E-state index < -0.39 is 0 Å². The molecule has 0 bridgehead atoms. The Morgan fingerprint density at radius 2 is 2.44 bits per heavy atom. The van der Waals surface area contributed by atoms with Crippen LogP contribution in [-0.2, 0) is 11.5 Å². The van der Waals surface area contributed by atoms with Gasteiger partial charge in [-0.2, -0.15) is 0 Å². The van der Waals surface area contributed by atoms with Crippen molar-refractivity contribution in [2.45, 2.75) is 20.6 Å². The number of aliphatic hydroxyl groups is 2. The van der Waals surface area contributed by atoms with Gasteiger partial charge < -0.3 is 14.9 Å². The van der Waals surface area contributed by atoms with Gasteiger partial charge in [-0.05, 0) is 19.9 Å². The fraction of sp³-hybridized carbons (Fsp3) is 0.455. The lowest BCUT2D eigenvalue weighted by atomic mass is 10.4. The smallest absolute Gasteiger partial charge is 0.134 e. The lowest BCUT2D eigenvalue weighted by molar-refractivity contribution is 0.0468. The van der Waals surface area contributed by atoms with Crippen LogP contribution >= 0.6 is 0 Å². The van der Waals surface area contributed by atoms with Crippen LogP contribution in [0, 0.1) is 0 Å². The van der Waals surface area contributed by atoms with Crippen LogP contribution in [0.4, 0.5) is 0 Å². The largest absolute Gasteiger partial charge is 0.510 e. The summed E-state index contributed by atoms with van der Waals surface area (Å²) in [6.45, 7) is 3.93. The highest BCUT2D eigenvalue weighted by Gasteiger charge is 1.99. The lowest BCUT2D eigenvalue weighted by Crippen LogP contribution is -2.31. The van der Waals surface area contributed by atoms with E-state index >= 15 is 0 Å². The van der Waals surface area contributed by atoms with Crippen LogP contribution in [0.2, 0.25) is 0 Å². The predicted octanol–water partition coefficient (Wildman–Crippen LogP) is -0.509. The van der Waals surface area contributed by atoms with Gasteiger partial charge in [-0.15, -0.1) is 0 Å². The summed E-state index contributed by atoms with van der Waals surface area (Å²) in [7, 11) is 0. The summed E-state index contributed by atoms with van der Waals surface area (Å²) in [4.78, 5) is 4.06. The molecule has 0 saturated carbocycles. The maximum absolute atomic E-state index is 9.42. The number of ether oxygens (including phenoxy) is 1. The van der Waals surface area contributed by atoms with Crippen molar-refractivity contribution in [2.75, 3.05) is 13.2 Å². The van der Waals surface area contributed by atoms with E-state index in [4.69, 9.17) is 9.84 Å². The van der Waals surface area contributed by atoms with Gasteiger partial charge in [0.15, 0.2) is 0 Å². The van der Waals surface area contributed by atoms with Gasteiger partial charge in [-0.1, -0.05) is 5.73 Å². The molecule has 0 aliphatic heterocycles. The van der Waals surface area contributed by atoms with Gasteiger partial charge in [0.1, 0.15) is 23.2 Å². The molecule has 0 spiro atoms. The van der Waals surface area contributed by atoms with E-state index in [-0.39, 0.29) is 25.7 Å². The van der Waals surface area contributed by atoms with E-state index in [1.807, 2.05) is 6.92 Å². The molecule has 1 rings (SSSR count). The Morgan fingerprint density at radius 3 is 3.00 bits per heavy atom. The molecule has 0 saturated heterocycles. The molecule has 1 heterocycles. The van der Waals surface area contributed by atoms with Gasteiger partial charge >= 0.3 is 0 Å². The summed E-state index contributed by atoms with van der Waals surface area (Å²) in [6.07, 6.45) is 3.31. The Labute approximate surface area is 93.6 Å². The minimum atomic E-state index is -0.0185. The molecule has 0 amide bonds. The first-order valence-electron chi connectivity index (χ1n) is 5.01. The summed E-state index contributed by atoms with van der Waals surface area (Å²) < 4.78 is 6.89. The first kappa shape index (κ1) is 12.5. The highest BCUT2D eigenvalue weighted by molar-refractivity contribution is 5.30. The van der Waals surface area contributed by atoms with Crippen molar-refractivity contribution in [3.05, 3.63) is 23.1 Å². The number of rotatable bonds is 4. The van der Waals surface area contributed by atoms with E-state index in [1.54, 1.807) is 23.9 Å². The van der Waals surface area contributed by atoms with Crippen LogP contribution in [0.5, 0.6) is 0 Å². The highest BCUT2D eigenvalue weighted by Crippen LogP contribution is 1.82. The molecule has 88 valence electrons. The van der Waals surface area contributed by atoms with Gasteiger partial charge in [0.2, 0.25) is 0 Å². The molecule has 16 heavy (non-hydrogen) atoms. The Balaban J connectivity index is 3.14. The van der Waals surface area contributed by atoms with Gasteiger partial charge in [0, 0.05) is 0 Å². The van der Waals surface area contributed by atoms with Crippen molar-refractivity contribution in [1.82, 2.24) is 9.55 Å². The standard InChI is InChI=1S/C11H16N2O3/c1-3-4-10-11(9(2)15)12-7-13(10)8-16-6-5-14/h3,7,14-15H,5-6,8H2,1-2H3/b11-9-. The molecule has 0 fully saturated rings. The molecule has 1 aromatic heterocycles. The van der Waals surface area contributed by atoms with Crippen molar-refractivity contribution in [3.8, 4) is 0 Å². The van der Waals surface area contributed by atoms with Crippen LogP contribution < -0.4 is 10.7 Å².